The SMILES string of the molecule is Cc1cc(Br)cnc1NC(=O)c1cccc2ncccc12. The average Bonchev–Trinajstić information content (AvgIpc) is 2.49. The number of carbonyl (C=O) groups is 1. The fourth-order valence-electron chi connectivity index (χ4n) is 2.15. The van der Waals surface area contributed by atoms with Crippen LogP contribution in [0.3, 0.4) is 0 Å². The molecule has 0 fully saturated rings. The number of nitrogens with zero attached hydrogens (tertiary/aromatic N) is 2. The van der Waals surface area contributed by atoms with Gasteiger partial charge in [0.05, 0.1) is 5.52 Å². The highest BCUT2D eigenvalue weighted by atomic mass is 79.9. The van der Waals surface area contributed by atoms with Crippen molar-refractivity contribution in [3.05, 3.63) is 64.4 Å². The van der Waals surface area contributed by atoms with Crippen molar-refractivity contribution in [2.45, 2.75) is 6.92 Å². The van der Waals surface area contributed by atoms with Gasteiger partial charge in [0.15, 0.2) is 0 Å². The van der Waals surface area contributed by atoms with Crippen LogP contribution in [0.4, 0.5) is 5.82 Å². The minimum atomic E-state index is -0.188. The summed E-state index contributed by atoms with van der Waals surface area (Å²) < 4.78 is 0.882. The highest BCUT2D eigenvalue weighted by Gasteiger charge is 2.12. The zero-order valence-corrected chi connectivity index (χ0v) is 12.9. The number of hydrogen-bond acceptors (Lipinski definition) is 3. The van der Waals surface area contributed by atoms with Crippen LogP contribution in [-0.2, 0) is 0 Å². The minimum Gasteiger partial charge on any atom is -0.306 e. The lowest BCUT2D eigenvalue weighted by Crippen LogP contribution is -2.14. The van der Waals surface area contributed by atoms with Gasteiger partial charge in [-0.05, 0) is 52.7 Å². The molecule has 1 amide bonds. The predicted molar refractivity (Wildman–Crippen MR) is 86.4 cm³/mol. The maximum atomic E-state index is 12.5. The Bertz CT molecular complexity index is 827. The lowest BCUT2D eigenvalue weighted by atomic mass is 10.1. The molecule has 3 rings (SSSR count). The van der Waals surface area contributed by atoms with E-state index in [2.05, 4.69) is 31.2 Å². The second kappa shape index (κ2) is 5.61. The van der Waals surface area contributed by atoms with Crippen LogP contribution < -0.4 is 5.32 Å². The second-order valence-electron chi connectivity index (χ2n) is 4.65. The van der Waals surface area contributed by atoms with Gasteiger partial charge in [-0.2, -0.15) is 0 Å². The van der Waals surface area contributed by atoms with Crippen molar-refractivity contribution in [2.75, 3.05) is 5.32 Å². The fraction of sp³-hybridized carbons (Fsp3) is 0.0625. The molecule has 4 nitrogen and oxygen atoms in total. The highest BCUT2D eigenvalue weighted by molar-refractivity contribution is 9.10. The monoisotopic (exact) mass is 341 g/mol. The zero-order valence-electron chi connectivity index (χ0n) is 11.3. The molecule has 0 radical (unpaired) electrons. The third-order valence-electron chi connectivity index (χ3n) is 3.17. The average molecular weight is 342 g/mol. The quantitative estimate of drug-likeness (QED) is 0.767. The number of aryl methyl sites for hydroxylation is 1. The molecule has 0 bridgehead atoms. The van der Waals surface area contributed by atoms with Gasteiger partial charge in [-0.1, -0.05) is 12.1 Å². The first-order valence-corrected chi connectivity index (χ1v) is 7.22. The Morgan fingerprint density at radius 3 is 2.86 bits per heavy atom. The summed E-state index contributed by atoms with van der Waals surface area (Å²) in [6.45, 7) is 1.90. The van der Waals surface area contributed by atoms with Crippen LogP contribution in [0.25, 0.3) is 10.9 Å². The summed E-state index contributed by atoms with van der Waals surface area (Å²) in [5.74, 6) is 0.371. The molecule has 0 saturated carbocycles. The number of rotatable bonds is 2. The lowest BCUT2D eigenvalue weighted by Gasteiger charge is -2.09. The van der Waals surface area contributed by atoms with Crippen LogP contribution in [0.2, 0.25) is 0 Å². The first-order chi connectivity index (χ1) is 10.1. The van der Waals surface area contributed by atoms with E-state index in [0.717, 1.165) is 20.9 Å². The second-order valence-corrected chi connectivity index (χ2v) is 5.56. The van der Waals surface area contributed by atoms with Crippen LogP contribution in [0, 0.1) is 6.92 Å². The van der Waals surface area contributed by atoms with Gasteiger partial charge in [-0.15, -0.1) is 0 Å². The zero-order chi connectivity index (χ0) is 14.8. The summed E-state index contributed by atoms with van der Waals surface area (Å²) in [5, 5.41) is 3.67. The molecule has 0 unspecified atom stereocenters. The number of benzene rings is 1. The van der Waals surface area contributed by atoms with Gasteiger partial charge in [0.25, 0.3) is 5.91 Å². The van der Waals surface area contributed by atoms with E-state index in [1.165, 1.54) is 0 Å². The smallest absolute Gasteiger partial charge is 0.257 e. The van der Waals surface area contributed by atoms with Crippen LogP contribution in [-0.4, -0.2) is 15.9 Å². The molecule has 5 heteroatoms. The van der Waals surface area contributed by atoms with Crippen molar-refractivity contribution in [1.82, 2.24) is 9.97 Å². The Kier molecular flexibility index (Phi) is 3.66. The Balaban J connectivity index is 1.97. The van der Waals surface area contributed by atoms with E-state index in [4.69, 9.17) is 0 Å². The number of carbonyl (C=O) groups excluding carboxylic acids is 1. The van der Waals surface area contributed by atoms with Crippen molar-refractivity contribution >= 4 is 38.6 Å². The number of nitrogens with one attached hydrogen (secondary N) is 1. The molecule has 0 atom stereocenters. The Labute approximate surface area is 130 Å². The molecule has 1 N–H and O–H groups in total. The molecule has 2 aromatic heterocycles. The van der Waals surface area contributed by atoms with E-state index in [9.17, 15) is 4.79 Å². The fourth-order valence-corrected chi connectivity index (χ4v) is 2.59. The van der Waals surface area contributed by atoms with Gasteiger partial charge in [-0.25, -0.2) is 4.98 Å². The summed E-state index contributed by atoms with van der Waals surface area (Å²) in [7, 11) is 0. The van der Waals surface area contributed by atoms with Gasteiger partial charge < -0.3 is 5.32 Å². The minimum absolute atomic E-state index is 0.188. The summed E-state index contributed by atoms with van der Waals surface area (Å²) in [6, 6.07) is 11.1. The van der Waals surface area contributed by atoms with Gasteiger partial charge in [0.2, 0.25) is 0 Å². The number of aromatic nitrogens is 2. The van der Waals surface area contributed by atoms with E-state index in [-0.39, 0.29) is 5.91 Å². The topological polar surface area (TPSA) is 54.9 Å². The molecule has 104 valence electrons. The van der Waals surface area contributed by atoms with Crippen LogP contribution >= 0.6 is 15.9 Å². The van der Waals surface area contributed by atoms with E-state index in [1.54, 1.807) is 18.5 Å². The van der Waals surface area contributed by atoms with Crippen molar-refractivity contribution in [3.63, 3.8) is 0 Å². The van der Waals surface area contributed by atoms with E-state index >= 15 is 0 Å². The number of anilines is 1. The number of fused-ring (bicyclic) bond motifs is 1. The van der Waals surface area contributed by atoms with Crippen molar-refractivity contribution in [3.8, 4) is 0 Å². The van der Waals surface area contributed by atoms with E-state index in [1.807, 2.05) is 37.3 Å². The molecule has 2 heterocycles. The van der Waals surface area contributed by atoms with E-state index in [0.29, 0.717) is 11.4 Å². The summed E-state index contributed by atoms with van der Waals surface area (Å²) in [4.78, 5) is 21.0. The molecule has 1 aromatic carbocycles. The van der Waals surface area contributed by atoms with Crippen molar-refractivity contribution in [1.29, 1.82) is 0 Å². The Hall–Kier alpha value is -2.27. The van der Waals surface area contributed by atoms with E-state index < -0.39 is 0 Å². The number of pyridine rings is 2. The summed E-state index contributed by atoms with van der Waals surface area (Å²) >= 11 is 3.36. The molecular formula is C16H12BrN3O. The normalized spacial score (nSPS) is 10.6. The van der Waals surface area contributed by atoms with Crippen LogP contribution in [0.15, 0.2) is 53.3 Å². The van der Waals surface area contributed by atoms with Gasteiger partial charge >= 0.3 is 0 Å². The maximum absolute atomic E-state index is 12.5. The Morgan fingerprint density at radius 2 is 2.05 bits per heavy atom. The lowest BCUT2D eigenvalue weighted by molar-refractivity contribution is 0.102. The van der Waals surface area contributed by atoms with Gasteiger partial charge in [0.1, 0.15) is 5.82 Å². The summed E-state index contributed by atoms with van der Waals surface area (Å²) in [6.07, 6.45) is 3.37. The maximum Gasteiger partial charge on any atom is 0.257 e. The Morgan fingerprint density at radius 1 is 1.19 bits per heavy atom. The predicted octanol–water partition coefficient (Wildman–Crippen LogP) is 3.95. The first-order valence-electron chi connectivity index (χ1n) is 6.42. The standard InChI is InChI=1S/C16H12BrN3O/c1-10-8-11(17)9-19-15(10)20-16(21)13-4-2-6-14-12(13)5-3-7-18-14/h2-9H,1H3,(H,19,20,21). The molecule has 3 aromatic rings. The molecule has 0 spiro atoms. The van der Waals surface area contributed by atoms with Crippen molar-refractivity contribution in [2.24, 2.45) is 0 Å². The highest BCUT2D eigenvalue weighted by Crippen LogP contribution is 2.20. The van der Waals surface area contributed by atoms with Crippen LogP contribution in [0.5, 0.6) is 0 Å². The molecule has 21 heavy (non-hydrogen) atoms. The van der Waals surface area contributed by atoms with Gasteiger partial charge in [-0.3, -0.25) is 9.78 Å². The molecular weight excluding hydrogens is 330 g/mol. The third-order valence-corrected chi connectivity index (χ3v) is 3.60. The largest absolute Gasteiger partial charge is 0.306 e. The van der Waals surface area contributed by atoms with Gasteiger partial charge in [0, 0.05) is 27.8 Å². The molecule has 0 saturated heterocycles. The third kappa shape index (κ3) is 2.78. The first kappa shape index (κ1) is 13.7. The molecule has 0 aliphatic rings. The molecule has 0 aliphatic heterocycles. The van der Waals surface area contributed by atoms with Crippen LogP contribution in [0.1, 0.15) is 15.9 Å². The molecule has 0 aliphatic carbocycles. The number of amides is 1. The number of halogens is 1. The summed E-state index contributed by atoms with van der Waals surface area (Å²) in [5.41, 5.74) is 2.28. The number of hydrogen-bond donors (Lipinski definition) is 1. The van der Waals surface area contributed by atoms with Crippen molar-refractivity contribution < 1.29 is 4.79 Å².